The molecule has 0 aromatic heterocycles. The number of carbonyl (C=O) groups excluding carboxylic acids is 1. The van der Waals surface area contributed by atoms with Crippen LogP contribution < -0.4 is 19.7 Å². The Morgan fingerprint density at radius 3 is 2.55 bits per heavy atom. The van der Waals surface area contributed by atoms with Crippen molar-refractivity contribution >= 4 is 17.3 Å². The highest BCUT2D eigenvalue weighted by atomic mass is 16.7. The monoisotopic (exact) mass is 388 g/mol. The van der Waals surface area contributed by atoms with Crippen molar-refractivity contribution in [3.05, 3.63) is 83.9 Å². The molecule has 0 aliphatic carbocycles. The van der Waals surface area contributed by atoms with Gasteiger partial charge >= 0.3 is 0 Å². The average Bonchev–Trinajstić information content (AvgIpc) is 3.20. The third-order valence-electron chi connectivity index (χ3n) is 4.99. The Balaban J connectivity index is 1.67. The van der Waals surface area contributed by atoms with Gasteiger partial charge in [0.05, 0.1) is 0 Å². The number of anilines is 2. The van der Waals surface area contributed by atoms with Crippen molar-refractivity contribution in [2.45, 2.75) is 19.9 Å². The van der Waals surface area contributed by atoms with Gasteiger partial charge in [-0.3, -0.25) is 4.79 Å². The fraction of sp³-hybridized carbons (Fsp3) is 0.208. The second-order valence-corrected chi connectivity index (χ2v) is 7.00. The number of ether oxygens (including phenoxy) is 2. The van der Waals surface area contributed by atoms with E-state index in [0.717, 1.165) is 16.8 Å². The molecule has 1 aliphatic rings. The van der Waals surface area contributed by atoms with E-state index in [2.05, 4.69) is 36.2 Å². The summed E-state index contributed by atoms with van der Waals surface area (Å²) in [5.41, 5.74) is 3.79. The van der Waals surface area contributed by atoms with Gasteiger partial charge in [0, 0.05) is 24.0 Å². The second kappa shape index (κ2) is 8.27. The zero-order chi connectivity index (χ0) is 20.2. The van der Waals surface area contributed by atoms with E-state index in [1.54, 1.807) is 6.07 Å². The zero-order valence-electron chi connectivity index (χ0n) is 16.6. The van der Waals surface area contributed by atoms with E-state index in [9.17, 15) is 4.79 Å². The van der Waals surface area contributed by atoms with E-state index in [0.29, 0.717) is 23.7 Å². The molecule has 148 valence electrons. The van der Waals surface area contributed by atoms with Gasteiger partial charge in [0.25, 0.3) is 5.91 Å². The fourth-order valence-corrected chi connectivity index (χ4v) is 3.61. The minimum absolute atomic E-state index is 0.0987. The fourth-order valence-electron chi connectivity index (χ4n) is 3.61. The summed E-state index contributed by atoms with van der Waals surface area (Å²) in [4.78, 5) is 15.6. The van der Waals surface area contributed by atoms with E-state index >= 15 is 0 Å². The van der Waals surface area contributed by atoms with Crippen LogP contribution in [0.1, 0.15) is 24.1 Å². The largest absolute Gasteiger partial charge is 0.454 e. The molecule has 0 saturated carbocycles. The lowest BCUT2D eigenvalue weighted by Gasteiger charge is -2.32. The number of hydrogen-bond donors (Lipinski definition) is 1. The zero-order valence-corrected chi connectivity index (χ0v) is 16.6. The number of carbonyl (C=O) groups is 1. The van der Waals surface area contributed by atoms with E-state index in [1.165, 1.54) is 0 Å². The number of amides is 1. The van der Waals surface area contributed by atoms with E-state index in [4.69, 9.17) is 9.47 Å². The molecule has 3 aromatic carbocycles. The lowest BCUT2D eigenvalue weighted by Crippen LogP contribution is -2.37. The predicted molar refractivity (Wildman–Crippen MR) is 115 cm³/mol. The van der Waals surface area contributed by atoms with Crippen LogP contribution in [-0.2, 0) is 4.79 Å². The number of nitrogens with one attached hydrogen (secondary N) is 1. The molecule has 1 heterocycles. The summed E-state index contributed by atoms with van der Waals surface area (Å²) < 4.78 is 10.8. The molecule has 0 unspecified atom stereocenters. The first-order chi connectivity index (χ1) is 14.2. The molecule has 1 aliphatic heterocycles. The average molecular weight is 388 g/mol. The molecule has 29 heavy (non-hydrogen) atoms. The third-order valence-corrected chi connectivity index (χ3v) is 4.99. The van der Waals surface area contributed by atoms with Crippen LogP contribution in [0.15, 0.2) is 72.8 Å². The quantitative estimate of drug-likeness (QED) is 0.651. The van der Waals surface area contributed by atoms with E-state index in [1.807, 2.05) is 54.6 Å². The third kappa shape index (κ3) is 4.04. The standard InChI is InChI=1S/C24H24N2O3/c1-3-26(20-11-7-8-17(2)14-20)23(18-9-5-4-6-10-18)24(27)25-19-12-13-21-22(15-19)29-16-28-21/h4-15,23H,3,16H2,1-2H3,(H,25,27)/t23-/m1/s1. The first kappa shape index (κ1) is 18.9. The predicted octanol–water partition coefficient (Wildman–Crippen LogP) is 4.93. The van der Waals surface area contributed by atoms with Gasteiger partial charge in [-0.25, -0.2) is 0 Å². The van der Waals surface area contributed by atoms with Gasteiger partial charge in [0.1, 0.15) is 6.04 Å². The lowest BCUT2D eigenvalue weighted by atomic mass is 10.0. The number of benzene rings is 3. The highest BCUT2D eigenvalue weighted by Gasteiger charge is 2.28. The Bertz CT molecular complexity index is 1000. The summed E-state index contributed by atoms with van der Waals surface area (Å²) >= 11 is 0. The van der Waals surface area contributed by atoms with Crippen molar-refractivity contribution in [1.82, 2.24) is 0 Å². The molecule has 0 saturated heterocycles. The minimum Gasteiger partial charge on any atom is -0.454 e. The molecule has 0 radical (unpaired) electrons. The summed E-state index contributed by atoms with van der Waals surface area (Å²) in [5.74, 6) is 1.24. The maximum atomic E-state index is 13.4. The van der Waals surface area contributed by atoms with Crippen LogP contribution in [-0.4, -0.2) is 19.2 Å². The van der Waals surface area contributed by atoms with Gasteiger partial charge in [0.15, 0.2) is 11.5 Å². The van der Waals surface area contributed by atoms with Gasteiger partial charge in [-0.2, -0.15) is 0 Å². The Kier molecular flexibility index (Phi) is 5.38. The summed E-state index contributed by atoms with van der Waals surface area (Å²) in [5, 5.41) is 3.05. The number of hydrogen-bond acceptors (Lipinski definition) is 4. The van der Waals surface area contributed by atoms with Gasteiger partial charge in [-0.05, 0) is 49.2 Å². The van der Waals surface area contributed by atoms with Crippen LogP contribution in [0.5, 0.6) is 11.5 Å². The van der Waals surface area contributed by atoms with Crippen molar-refractivity contribution in [2.24, 2.45) is 0 Å². The van der Waals surface area contributed by atoms with E-state index in [-0.39, 0.29) is 12.7 Å². The highest BCUT2D eigenvalue weighted by Crippen LogP contribution is 2.35. The van der Waals surface area contributed by atoms with Crippen molar-refractivity contribution in [3.63, 3.8) is 0 Å². The van der Waals surface area contributed by atoms with Crippen LogP contribution >= 0.6 is 0 Å². The molecule has 1 N–H and O–H groups in total. The van der Waals surface area contributed by atoms with Crippen molar-refractivity contribution < 1.29 is 14.3 Å². The van der Waals surface area contributed by atoms with E-state index < -0.39 is 6.04 Å². The Morgan fingerprint density at radius 1 is 1.00 bits per heavy atom. The normalized spacial score (nSPS) is 13.0. The molecule has 1 atom stereocenters. The topological polar surface area (TPSA) is 50.8 Å². The van der Waals surface area contributed by atoms with Crippen LogP contribution in [0, 0.1) is 6.92 Å². The van der Waals surface area contributed by atoms with Crippen LogP contribution in [0.25, 0.3) is 0 Å². The number of rotatable bonds is 6. The molecule has 0 fully saturated rings. The minimum atomic E-state index is -0.464. The number of likely N-dealkylation sites (N-methyl/N-ethyl adjacent to an activating group) is 1. The van der Waals surface area contributed by atoms with Gasteiger partial charge in [-0.1, -0.05) is 42.5 Å². The molecule has 4 rings (SSSR count). The first-order valence-corrected chi connectivity index (χ1v) is 9.74. The number of nitrogens with zero attached hydrogens (tertiary/aromatic N) is 1. The maximum Gasteiger partial charge on any atom is 0.251 e. The first-order valence-electron chi connectivity index (χ1n) is 9.74. The molecule has 5 nitrogen and oxygen atoms in total. The molecule has 5 heteroatoms. The summed E-state index contributed by atoms with van der Waals surface area (Å²) in [6.45, 7) is 5.02. The number of aryl methyl sites for hydroxylation is 1. The molecule has 0 spiro atoms. The molecular formula is C24H24N2O3. The second-order valence-electron chi connectivity index (χ2n) is 7.00. The van der Waals surface area contributed by atoms with Crippen LogP contribution in [0.2, 0.25) is 0 Å². The number of fused-ring (bicyclic) bond motifs is 1. The molecular weight excluding hydrogens is 364 g/mol. The van der Waals surface area contributed by atoms with Crippen molar-refractivity contribution in [3.8, 4) is 11.5 Å². The van der Waals surface area contributed by atoms with Crippen LogP contribution in [0.3, 0.4) is 0 Å². The molecule has 1 amide bonds. The van der Waals surface area contributed by atoms with Gasteiger partial charge in [0.2, 0.25) is 6.79 Å². The smallest absolute Gasteiger partial charge is 0.251 e. The Labute approximate surface area is 170 Å². The SMILES string of the molecule is CCN(c1cccc(C)c1)[C@@H](C(=O)Nc1ccc2c(c1)OCO2)c1ccccc1. The van der Waals surface area contributed by atoms with Gasteiger partial charge < -0.3 is 19.7 Å². The lowest BCUT2D eigenvalue weighted by molar-refractivity contribution is -0.117. The van der Waals surface area contributed by atoms with Gasteiger partial charge in [-0.15, -0.1) is 0 Å². The van der Waals surface area contributed by atoms with Crippen molar-refractivity contribution in [1.29, 1.82) is 0 Å². The summed E-state index contributed by atoms with van der Waals surface area (Å²) in [7, 11) is 0. The Morgan fingerprint density at radius 2 is 1.79 bits per heavy atom. The summed E-state index contributed by atoms with van der Waals surface area (Å²) in [6.07, 6.45) is 0. The highest BCUT2D eigenvalue weighted by molar-refractivity contribution is 5.98. The Hall–Kier alpha value is -3.47. The molecule has 3 aromatic rings. The summed E-state index contributed by atoms with van der Waals surface area (Å²) in [6, 6.07) is 23.0. The van der Waals surface area contributed by atoms with Crippen molar-refractivity contribution in [2.75, 3.05) is 23.6 Å². The van der Waals surface area contributed by atoms with Crippen LogP contribution in [0.4, 0.5) is 11.4 Å². The maximum absolute atomic E-state index is 13.4. The molecule has 0 bridgehead atoms.